The van der Waals surface area contributed by atoms with Crippen LogP contribution in [0.15, 0.2) is 0 Å². The highest BCUT2D eigenvalue weighted by Crippen LogP contribution is 2.12. The van der Waals surface area contributed by atoms with E-state index in [0.717, 1.165) is 19.1 Å². The van der Waals surface area contributed by atoms with E-state index in [-0.39, 0.29) is 18.6 Å². The van der Waals surface area contributed by atoms with Crippen molar-refractivity contribution in [2.24, 2.45) is 5.73 Å². The number of thiol groups is 1. The first-order valence-corrected chi connectivity index (χ1v) is 14.1. The number of hydrogen-bond donors (Lipinski definition) is 6. The van der Waals surface area contributed by atoms with Crippen molar-refractivity contribution in [3.63, 3.8) is 0 Å². The maximum atomic E-state index is 11.5. The van der Waals surface area contributed by atoms with Gasteiger partial charge in [0.05, 0.1) is 0 Å². The summed E-state index contributed by atoms with van der Waals surface area (Å²) in [4.78, 5) is 53.8. The van der Waals surface area contributed by atoms with Gasteiger partial charge in [-0.1, -0.05) is 84.0 Å². The van der Waals surface area contributed by atoms with Crippen LogP contribution in [0.5, 0.6) is 0 Å². The molecule has 216 valence electrons. The predicted molar refractivity (Wildman–Crippen MR) is 148 cm³/mol. The number of amides is 2. The molecule has 0 saturated heterocycles. The Morgan fingerprint density at radius 1 is 0.865 bits per heavy atom. The third kappa shape index (κ3) is 26.7. The van der Waals surface area contributed by atoms with Crippen LogP contribution < -0.4 is 16.4 Å². The molecular formula is C26H49N3O7S. The molecule has 37 heavy (non-hydrogen) atoms. The smallest absolute Gasteiger partial charge is 0.322 e. The van der Waals surface area contributed by atoms with Gasteiger partial charge in [0.25, 0.3) is 0 Å². The normalized spacial score (nSPS) is 12.0. The lowest BCUT2D eigenvalue weighted by Crippen LogP contribution is -2.49. The summed E-state index contributed by atoms with van der Waals surface area (Å²) >= 11 is 3.87. The number of nitrogens with one attached hydrogen (secondary N) is 2. The van der Waals surface area contributed by atoms with Crippen molar-refractivity contribution in [1.82, 2.24) is 10.6 Å². The van der Waals surface area contributed by atoms with Gasteiger partial charge < -0.3 is 31.4 Å². The number of rotatable bonds is 23. The van der Waals surface area contributed by atoms with Crippen LogP contribution in [0.4, 0.5) is 0 Å². The zero-order valence-electron chi connectivity index (χ0n) is 22.4. The molecule has 0 rings (SSSR count). The maximum absolute atomic E-state index is 11.5. The van der Waals surface area contributed by atoms with Crippen molar-refractivity contribution in [3.8, 4) is 0 Å². The number of carbonyl (C=O) groups is 5. The summed E-state index contributed by atoms with van der Waals surface area (Å²) < 4.78 is 0. The minimum atomic E-state index is -1.22. The van der Waals surface area contributed by atoms with Crippen LogP contribution in [0.3, 0.4) is 0 Å². The third-order valence-electron chi connectivity index (χ3n) is 5.67. The highest BCUT2D eigenvalue weighted by molar-refractivity contribution is 7.80. The molecule has 0 aromatic heterocycles. The van der Waals surface area contributed by atoms with Crippen molar-refractivity contribution in [2.75, 3.05) is 12.3 Å². The summed E-state index contributed by atoms with van der Waals surface area (Å²) in [6, 6.07) is -2.15. The Morgan fingerprint density at radius 3 is 1.76 bits per heavy atom. The lowest BCUT2D eigenvalue weighted by atomic mass is 10.0. The molecule has 10 nitrogen and oxygen atoms in total. The van der Waals surface area contributed by atoms with E-state index in [4.69, 9.17) is 15.9 Å². The summed E-state index contributed by atoms with van der Waals surface area (Å²) in [6.45, 7) is 1.71. The predicted octanol–water partition coefficient (Wildman–Crippen LogP) is 3.46. The molecule has 2 amide bonds. The standard InChI is InChI=1S/C16H32O.C10H17N3O6S/c1-2-3-4-5-6-7-8-9-10-11-12-13-14-15-16-17;11-5(10(18)19)1-2-7(14)13-6(4-20)9(17)12-3-8(15)16/h16H,2-15H2,1H3;5-6,20H,1-4,11H2,(H,12,17)(H,13,14)(H,15,16)(H,18,19)/t;5-,6-/m.0/s1. The van der Waals surface area contributed by atoms with Gasteiger partial charge in [-0.25, -0.2) is 0 Å². The second kappa shape index (κ2) is 26.9. The first kappa shape index (κ1) is 37.0. The van der Waals surface area contributed by atoms with Gasteiger partial charge in [-0.2, -0.15) is 12.6 Å². The third-order valence-corrected chi connectivity index (χ3v) is 6.04. The van der Waals surface area contributed by atoms with E-state index in [1.165, 1.54) is 77.0 Å². The largest absolute Gasteiger partial charge is 0.480 e. The fourth-order valence-electron chi connectivity index (χ4n) is 3.40. The van der Waals surface area contributed by atoms with Crippen LogP contribution in [0, 0.1) is 0 Å². The molecule has 2 atom stereocenters. The number of nitrogens with two attached hydrogens (primary N) is 1. The Morgan fingerprint density at radius 2 is 1.35 bits per heavy atom. The first-order valence-electron chi connectivity index (χ1n) is 13.5. The summed E-state index contributed by atoms with van der Waals surface area (Å²) in [5.41, 5.74) is 5.23. The summed E-state index contributed by atoms with van der Waals surface area (Å²) in [5, 5.41) is 21.4. The van der Waals surface area contributed by atoms with Gasteiger partial charge in [-0.05, 0) is 12.8 Å². The van der Waals surface area contributed by atoms with Crippen LogP contribution in [0.25, 0.3) is 0 Å². The number of carboxylic acid groups (broad SMARTS) is 2. The lowest BCUT2D eigenvalue weighted by Gasteiger charge is -2.16. The summed E-state index contributed by atoms with van der Waals surface area (Å²) in [7, 11) is 0. The van der Waals surface area contributed by atoms with E-state index in [9.17, 15) is 24.0 Å². The van der Waals surface area contributed by atoms with Crippen molar-refractivity contribution in [3.05, 3.63) is 0 Å². The zero-order valence-corrected chi connectivity index (χ0v) is 23.3. The zero-order chi connectivity index (χ0) is 28.3. The quantitative estimate of drug-likeness (QED) is 0.0640. The van der Waals surface area contributed by atoms with Gasteiger partial charge in [0.2, 0.25) is 11.8 Å². The molecule has 0 radical (unpaired) electrons. The number of aliphatic carboxylic acids is 2. The van der Waals surface area contributed by atoms with E-state index in [1.54, 1.807) is 0 Å². The van der Waals surface area contributed by atoms with Crippen molar-refractivity contribution in [2.45, 2.75) is 122 Å². The molecule has 0 spiro atoms. The van der Waals surface area contributed by atoms with Crippen LogP contribution in [-0.2, 0) is 24.0 Å². The highest BCUT2D eigenvalue weighted by Gasteiger charge is 2.20. The number of aldehydes is 1. The van der Waals surface area contributed by atoms with Gasteiger partial charge in [0, 0.05) is 18.6 Å². The topological polar surface area (TPSA) is 176 Å². The molecule has 0 aromatic carbocycles. The number of carboxylic acids is 2. The Bertz CT molecular complexity index is 635. The average Bonchev–Trinajstić information content (AvgIpc) is 2.87. The van der Waals surface area contributed by atoms with E-state index in [1.807, 2.05) is 0 Å². The molecule has 0 unspecified atom stereocenters. The van der Waals surface area contributed by atoms with Crippen molar-refractivity contribution >= 4 is 42.7 Å². The van der Waals surface area contributed by atoms with Crippen LogP contribution in [0.2, 0.25) is 0 Å². The molecule has 0 aliphatic heterocycles. The summed E-state index contributed by atoms with van der Waals surface area (Å²) in [6.07, 6.45) is 19.4. The van der Waals surface area contributed by atoms with Crippen molar-refractivity contribution in [1.29, 1.82) is 0 Å². The number of carbonyl (C=O) groups excluding carboxylic acids is 3. The summed E-state index contributed by atoms with van der Waals surface area (Å²) in [5.74, 6) is -3.70. The van der Waals surface area contributed by atoms with E-state index >= 15 is 0 Å². The Labute approximate surface area is 227 Å². The average molecular weight is 548 g/mol. The molecule has 11 heteroatoms. The monoisotopic (exact) mass is 547 g/mol. The minimum absolute atomic E-state index is 0.0256. The van der Waals surface area contributed by atoms with Crippen LogP contribution >= 0.6 is 12.6 Å². The molecule has 0 aliphatic rings. The lowest BCUT2D eigenvalue weighted by molar-refractivity contribution is -0.139. The Kier molecular flexibility index (Phi) is 26.9. The molecule has 0 aromatic rings. The van der Waals surface area contributed by atoms with Gasteiger partial charge in [0.1, 0.15) is 24.9 Å². The van der Waals surface area contributed by atoms with Gasteiger partial charge in [-0.15, -0.1) is 0 Å². The molecule has 6 N–H and O–H groups in total. The van der Waals surface area contributed by atoms with Crippen molar-refractivity contribution < 1.29 is 34.2 Å². The molecule has 0 bridgehead atoms. The fraction of sp³-hybridized carbons (Fsp3) is 0.808. The molecule has 0 aliphatic carbocycles. The Hall–Kier alpha value is -2.14. The second-order valence-electron chi connectivity index (χ2n) is 9.10. The minimum Gasteiger partial charge on any atom is -0.480 e. The molecular weight excluding hydrogens is 498 g/mol. The second-order valence-corrected chi connectivity index (χ2v) is 9.46. The first-order chi connectivity index (χ1) is 17.7. The fourth-order valence-corrected chi connectivity index (χ4v) is 3.66. The van der Waals surface area contributed by atoms with Crippen LogP contribution in [-0.4, -0.2) is 64.6 Å². The SMILES string of the molecule is CCCCCCCCCCCCCCCC=O.N[C@@H](CCC(=O)N[C@@H](CS)C(=O)NCC(=O)O)C(=O)O. The Balaban J connectivity index is 0. The van der Waals surface area contributed by atoms with Crippen LogP contribution in [0.1, 0.15) is 110 Å². The van der Waals surface area contributed by atoms with Gasteiger partial charge in [-0.3, -0.25) is 19.2 Å². The van der Waals surface area contributed by atoms with E-state index in [2.05, 4.69) is 30.2 Å². The number of hydrogen-bond acceptors (Lipinski definition) is 7. The van der Waals surface area contributed by atoms with E-state index in [0.29, 0.717) is 0 Å². The number of unbranched alkanes of at least 4 members (excludes halogenated alkanes) is 13. The molecule has 0 saturated carbocycles. The van der Waals surface area contributed by atoms with E-state index < -0.39 is 42.4 Å². The highest BCUT2D eigenvalue weighted by atomic mass is 32.1. The molecule has 0 fully saturated rings. The molecule has 0 heterocycles. The van der Waals surface area contributed by atoms with Gasteiger partial charge in [0.15, 0.2) is 0 Å². The maximum Gasteiger partial charge on any atom is 0.322 e. The van der Waals surface area contributed by atoms with Gasteiger partial charge >= 0.3 is 11.9 Å².